The van der Waals surface area contributed by atoms with Gasteiger partial charge in [-0.25, -0.2) is 0 Å². The molecular formula is C17H17BrN2. The van der Waals surface area contributed by atoms with Crippen LogP contribution in [0.3, 0.4) is 0 Å². The number of aromatic nitrogens is 1. The van der Waals surface area contributed by atoms with E-state index in [0.717, 1.165) is 28.7 Å². The number of fused-ring (bicyclic) bond motifs is 1. The molecule has 0 radical (unpaired) electrons. The standard InChI is InChI=1S/C17H17BrN2/c1-2-12-5-3-6-13-9-10-20(17(12)13)11-14-15(18)7-4-8-16(14)19/h3-10H,2,11,19H2,1H3. The van der Waals surface area contributed by atoms with Crippen molar-refractivity contribution in [2.45, 2.75) is 19.9 Å². The first-order valence-corrected chi connectivity index (χ1v) is 7.59. The molecule has 0 aliphatic heterocycles. The zero-order valence-electron chi connectivity index (χ0n) is 11.4. The molecule has 20 heavy (non-hydrogen) atoms. The predicted octanol–water partition coefficient (Wildman–Crippen LogP) is 4.60. The fraction of sp³-hybridized carbons (Fsp3) is 0.176. The van der Waals surface area contributed by atoms with E-state index >= 15 is 0 Å². The molecule has 1 aromatic heterocycles. The summed E-state index contributed by atoms with van der Waals surface area (Å²) < 4.78 is 3.35. The van der Waals surface area contributed by atoms with Gasteiger partial charge < -0.3 is 10.3 Å². The Morgan fingerprint density at radius 3 is 2.65 bits per heavy atom. The van der Waals surface area contributed by atoms with E-state index in [9.17, 15) is 0 Å². The third-order valence-corrected chi connectivity index (χ3v) is 4.48. The minimum atomic E-state index is 0.785. The molecule has 0 amide bonds. The quantitative estimate of drug-likeness (QED) is 0.700. The number of anilines is 1. The van der Waals surface area contributed by atoms with Crippen molar-refractivity contribution >= 4 is 32.5 Å². The van der Waals surface area contributed by atoms with E-state index in [4.69, 9.17) is 5.73 Å². The Morgan fingerprint density at radius 1 is 1.10 bits per heavy atom. The lowest BCUT2D eigenvalue weighted by molar-refractivity contribution is 0.830. The van der Waals surface area contributed by atoms with E-state index in [1.807, 2.05) is 18.2 Å². The maximum Gasteiger partial charge on any atom is 0.0515 e. The van der Waals surface area contributed by atoms with Gasteiger partial charge in [-0.1, -0.05) is 47.1 Å². The van der Waals surface area contributed by atoms with Crippen molar-refractivity contribution in [2.24, 2.45) is 0 Å². The van der Waals surface area contributed by atoms with Crippen molar-refractivity contribution in [3.63, 3.8) is 0 Å². The van der Waals surface area contributed by atoms with Gasteiger partial charge in [0.2, 0.25) is 0 Å². The highest BCUT2D eigenvalue weighted by Crippen LogP contribution is 2.27. The van der Waals surface area contributed by atoms with Gasteiger partial charge in [0.15, 0.2) is 0 Å². The summed E-state index contributed by atoms with van der Waals surface area (Å²) in [6.07, 6.45) is 3.18. The van der Waals surface area contributed by atoms with Crippen LogP contribution < -0.4 is 5.73 Å². The second-order valence-electron chi connectivity index (χ2n) is 4.96. The summed E-state index contributed by atoms with van der Waals surface area (Å²) in [5.41, 5.74) is 10.8. The van der Waals surface area contributed by atoms with Crippen LogP contribution in [0.2, 0.25) is 0 Å². The van der Waals surface area contributed by atoms with Gasteiger partial charge in [-0.3, -0.25) is 0 Å². The number of hydrogen-bond acceptors (Lipinski definition) is 1. The summed E-state index contributed by atoms with van der Waals surface area (Å²) >= 11 is 3.60. The zero-order chi connectivity index (χ0) is 14.1. The van der Waals surface area contributed by atoms with Gasteiger partial charge in [-0.05, 0) is 35.6 Å². The number of aryl methyl sites for hydroxylation is 1. The summed E-state index contributed by atoms with van der Waals surface area (Å²) in [5.74, 6) is 0. The number of nitrogens with zero attached hydrogens (tertiary/aromatic N) is 1. The maximum absolute atomic E-state index is 6.11. The van der Waals surface area contributed by atoms with Crippen LogP contribution >= 0.6 is 15.9 Å². The van der Waals surface area contributed by atoms with Gasteiger partial charge >= 0.3 is 0 Å². The fourth-order valence-corrected chi connectivity index (χ4v) is 3.18. The molecule has 3 aromatic rings. The maximum atomic E-state index is 6.11. The average molecular weight is 329 g/mol. The van der Waals surface area contributed by atoms with Crippen molar-refractivity contribution in [1.29, 1.82) is 0 Å². The predicted molar refractivity (Wildman–Crippen MR) is 89.0 cm³/mol. The number of benzene rings is 2. The van der Waals surface area contributed by atoms with E-state index < -0.39 is 0 Å². The molecule has 0 fully saturated rings. The van der Waals surface area contributed by atoms with Crippen molar-refractivity contribution in [3.8, 4) is 0 Å². The second-order valence-corrected chi connectivity index (χ2v) is 5.81. The third kappa shape index (κ3) is 2.22. The third-order valence-electron chi connectivity index (χ3n) is 3.74. The summed E-state index contributed by atoms with van der Waals surface area (Å²) in [5, 5.41) is 1.29. The molecule has 0 unspecified atom stereocenters. The molecule has 0 aliphatic carbocycles. The van der Waals surface area contributed by atoms with Crippen molar-refractivity contribution in [3.05, 3.63) is 64.3 Å². The Balaban J connectivity index is 2.12. The van der Waals surface area contributed by atoms with Crippen LogP contribution in [-0.4, -0.2) is 4.57 Å². The smallest absolute Gasteiger partial charge is 0.0515 e. The molecule has 2 aromatic carbocycles. The zero-order valence-corrected chi connectivity index (χ0v) is 13.0. The number of para-hydroxylation sites is 1. The number of hydrogen-bond donors (Lipinski definition) is 1. The van der Waals surface area contributed by atoms with Crippen LogP contribution in [-0.2, 0) is 13.0 Å². The molecule has 2 N–H and O–H groups in total. The summed E-state index contributed by atoms with van der Waals surface area (Å²) in [4.78, 5) is 0. The normalized spacial score (nSPS) is 11.1. The molecule has 102 valence electrons. The Bertz CT molecular complexity index is 739. The van der Waals surface area contributed by atoms with E-state index in [1.165, 1.54) is 16.5 Å². The highest BCUT2D eigenvalue weighted by molar-refractivity contribution is 9.10. The molecule has 0 atom stereocenters. The van der Waals surface area contributed by atoms with Gasteiger partial charge in [-0.2, -0.15) is 0 Å². The minimum absolute atomic E-state index is 0.785. The number of halogens is 1. The van der Waals surface area contributed by atoms with E-state index in [0.29, 0.717) is 0 Å². The summed E-state index contributed by atoms with van der Waals surface area (Å²) in [6.45, 7) is 2.98. The van der Waals surface area contributed by atoms with Crippen LogP contribution in [0.1, 0.15) is 18.1 Å². The number of nitrogens with two attached hydrogens (primary N) is 1. The van der Waals surface area contributed by atoms with Gasteiger partial charge in [0.25, 0.3) is 0 Å². The Labute approximate surface area is 127 Å². The average Bonchev–Trinajstić information content (AvgIpc) is 2.86. The lowest BCUT2D eigenvalue weighted by Gasteiger charge is -2.12. The van der Waals surface area contributed by atoms with Crippen LogP contribution in [0.4, 0.5) is 5.69 Å². The lowest BCUT2D eigenvalue weighted by Crippen LogP contribution is -2.04. The van der Waals surface area contributed by atoms with Gasteiger partial charge in [0.05, 0.1) is 12.1 Å². The highest BCUT2D eigenvalue weighted by Gasteiger charge is 2.09. The van der Waals surface area contributed by atoms with Gasteiger partial charge in [-0.15, -0.1) is 0 Å². The SMILES string of the molecule is CCc1cccc2ccn(Cc3c(N)cccc3Br)c12. The first-order chi connectivity index (χ1) is 9.70. The lowest BCUT2D eigenvalue weighted by atomic mass is 10.1. The molecular weight excluding hydrogens is 312 g/mol. The number of nitrogen functional groups attached to an aromatic ring is 1. The molecule has 0 spiro atoms. The molecule has 0 aliphatic rings. The number of rotatable bonds is 3. The van der Waals surface area contributed by atoms with Crippen molar-refractivity contribution in [1.82, 2.24) is 4.57 Å². The molecule has 3 rings (SSSR count). The molecule has 0 saturated heterocycles. The summed E-state index contributed by atoms with van der Waals surface area (Å²) in [6, 6.07) is 14.6. The molecule has 2 nitrogen and oxygen atoms in total. The molecule has 0 bridgehead atoms. The topological polar surface area (TPSA) is 30.9 Å². The fourth-order valence-electron chi connectivity index (χ4n) is 2.67. The van der Waals surface area contributed by atoms with E-state index in [2.05, 4.69) is 57.9 Å². The van der Waals surface area contributed by atoms with Crippen molar-refractivity contribution in [2.75, 3.05) is 5.73 Å². The van der Waals surface area contributed by atoms with Crippen LogP contribution in [0.25, 0.3) is 10.9 Å². The summed E-state index contributed by atoms with van der Waals surface area (Å²) in [7, 11) is 0. The van der Waals surface area contributed by atoms with Crippen molar-refractivity contribution < 1.29 is 0 Å². The Hall–Kier alpha value is -1.74. The first-order valence-electron chi connectivity index (χ1n) is 6.80. The second kappa shape index (κ2) is 5.33. The van der Waals surface area contributed by atoms with Crippen LogP contribution in [0, 0.1) is 0 Å². The van der Waals surface area contributed by atoms with Gasteiger partial charge in [0.1, 0.15) is 0 Å². The van der Waals surface area contributed by atoms with E-state index in [1.54, 1.807) is 0 Å². The largest absolute Gasteiger partial charge is 0.398 e. The minimum Gasteiger partial charge on any atom is -0.398 e. The Morgan fingerprint density at radius 2 is 1.90 bits per heavy atom. The molecule has 1 heterocycles. The Kier molecular flexibility index (Phi) is 3.53. The van der Waals surface area contributed by atoms with Crippen LogP contribution in [0.15, 0.2) is 53.1 Å². The van der Waals surface area contributed by atoms with Gasteiger partial charge in [0, 0.05) is 21.9 Å². The highest BCUT2D eigenvalue weighted by atomic mass is 79.9. The van der Waals surface area contributed by atoms with Crippen LogP contribution in [0.5, 0.6) is 0 Å². The molecule has 0 saturated carbocycles. The first kappa shape index (κ1) is 13.3. The monoisotopic (exact) mass is 328 g/mol. The van der Waals surface area contributed by atoms with E-state index in [-0.39, 0.29) is 0 Å². The molecule has 3 heteroatoms.